The van der Waals surface area contributed by atoms with Gasteiger partial charge < -0.3 is 0 Å². The van der Waals surface area contributed by atoms with Crippen molar-refractivity contribution in [1.82, 2.24) is 18.8 Å². The molecule has 44 heavy (non-hydrogen) atoms. The molecule has 0 saturated heterocycles. The molecule has 7 aromatic carbocycles. The molecule has 0 saturated carbocycles. The molecule has 0 spiro atoms. The minimum Gasteiger partial charge on any atom is -0.277 e. The van der Waals surface area contributed by atoms with Crippen LogP contribution < -0.4 is 5.56 Å². The molecule has 0 atom stereocenters. The van der Waals surface area contributed by atoms with Crippen molar-refractivity contribution >= 4 is 76.6 Å². The molecular formula is C39H22N4O. The maximum atomic E-state index is 13.9. The van der Waals surface area contributed by atoms with E-state index in [4.69, 9.17) is 9.97 Å². The third-order valence-electron chi connectivity index (χ3n) is 9.08. The summed E-state index contributed by atoms with van der Waals surface area (Å²) in [4.78, 5) is 23.8. The first kappa shape index (κ1) is 23.5. The highest BCUT2D eigenvalue weighted by Crippen LogP contribution is 2.38. The highest BCUT2D eigenvalue weighted by molar-refractivity contribution is 6.25. The number of hydrogen-bond acceptors (Lipinski definition) is 3. The average molecular weight is 563 g/mol. The lowest BCUT2D eigenvalue weighted by Gasteiger charge is -2.12. The van der Waals surface area contributed by atoms with Crippen LogP contribution in [0.3, 0.4) is 0 Å². The van der Waals surface area contributed by atoms with E-state index in [0.717, 1.165) is 33.1 Å². The van der Waals surface area contributed by atoms with Crippen molar-refractivity contribution in [3.63, 3.8) is 0 Å². The summed E-state index contributed by atoms with van der Waals surface area (Å²) in [5, 5.41) is 8.99. The average Bonchev–Trinajstić information content (AvgIpc) is 3.47. The van der Waals surface area contributed by atoms with E-state index in [2.05, 4.69) is 95.4 Å². The lowest BCUT2D eigenvalue weighted by atomic mass is 9.92. The molecule has 3 heterocycles. The molecule has 0 fully saturated rings. The molecule has 10 aromatic rings. The Morgan fingerprint density at radius 1 is 0.409 bits per heavy atom. The predicted octanol–water partition coefficient (Wildman–Crippen LogP) is 8.93. The van der Waals surface area contributed by atoms with Crippen LogP contribution in [0, 0.1) is 0 Å². The number of rotatable bonds is 1. The van der Waals surface area contributed by atoms with Gasteiger partial charge in [0.2, 0.25) is 5.78 Å². The number of para-hydroxylation sites is 2. The van der Waals surface area contributed by atoms with Gasteiger partial charge in [-0.15, -0.1) is 0 Å². The Balaban J connectivity index is 1.30. The molecule has 0 N–H and O–H groups in total. The van der Waals surface area contributed by atoms with Gasteiger partial charge in [0.15, 0.2) is 5.65 Å². The van der Waals surface area contributed by atoms with Gasteiger partial charge in [-0.25, -0.2) is 14.4 Å². The second-order valence-corrected chi connectivity index (χ2v) is 11.4. The zero-order valence-corrected chi connectivity index (χ0v) is 23.4. The second-order valence-electron chi connectivity index (χ2n) is 11.4. The summed E-state index contributed by atoms with van der Waals surface area (Å²) in [6.07, 6.45) is 0. The first-order chi connectivity index (χ1) is 21.7. The van der Waals surface area contributed by atoms with Gasteiger partial charge in [-0.3, -0.25) is 9.20 Å². The Morgan fingerprint density at radius 3 is 1.73 bits per heavy atom. The van der Waals surface area contributed by atoms with E-state index in [1.165, 1.54) is 32.3 Å². The van der Waals surface area contributed by atoms with Crippen molar-refractivity contribution in [3.05, 3.63) is 144 Å². The molecule has 204 valence electrons. The maximum Gasteiger partial charge on any atom is 0.268 e. The maximum absolute atomic E-state index is 13.9. The molecule has 10 rings (SSSR count). The van der Waals surface area contributed by atoms with Crippen molar-refractivity contribution in [2.24, 2.45) is 0 Å². The van der Waals surface area contributed by atoms with Crippen molar-refractivity contribution in [1.29, 1.82) is 0 Å². The van der Waals surface area contributed by atoms with Crippen LogP contribution in [0.5, 0.6) is 0 Å². The SMILES string of the molecule is O=c1c2ccccc2nc2c3ccccc3n3c4cc(-c5ccc6c7ccccc7c7ccccc7c6c5)ccc4nc3n12. The smallest absolute Gasteiger partial charge is 0.268 e. The van der Waals surface area contributed by atoms with Gasteiger partial charge in [0.05, 0.1) is 27.5 Å². The molecule has 5 heteroatoms. The fraction of sp³-hybridized carbons (Fsp3) is 0. The van der Waals surface area contributed by atoms with E-state index in [1.807, 2.05) is 42.5 Å². The van der Waals surface area contributed by atoms with E-state index in [1.54, 1.807) is 4.40 Å². The van der Waals surface area contributed by atoms with E-state index in [-0.39, 0.29) is 5.56 Å². The Labute approximate surface area is 249 Å². The van der Waals surface area contributed by atoms with E-state index in [0.29, 0.717) is 22.3 Å². The van der Waals surface area contributed by atoms with E-state index in [9.17, 15) is 4.79 Å². The minimum absolute atomic E-state index is 0.120. The van der Waals surface area contributed by atoms with Gasteiger partial charge in [0, 0.05) is 5.39 Å². The number of nitrogens with zero attached hydrogens (tertiary/aromatic N) is 4. The van der Waals surface area contributed by atoms with Crippen LogP contribution in [0.2, 0.25) is 0 Å². The van der Waals surface area contributed by atoms with Gasteiger partial charge in [-0.2, -0.15) is 0 Å². The van der Waals surface area contributed by atoms with E-state index < -0.39 is 0 Å². The summed E-state index contributed by atoms with van der Waals surface area (Å²) in [7, 11) is 0. The quantitative estimate of drug-likeness (QED) is 0.148. The topological polar surface area (TPSA) is 51.7 Å². The lowest BCUT2D eigenvalue weighted by molar-refractivity contribution is 1.05. The van der Waals surface area contributed by atoms with Gasteiger partial charge in [0.1, 0.15) is 0 Å². The number of fused-ring (bicyclic) bond motifs is 15. The van der Waals surface area contributed by atoms with Crippen molar-refractivity contribution in [2.45, 2.75) is 0 Å². The predicted molar refractivity (Wildman–Crippen MR) is 181 cm³/mol. The summed E-state index contributed by atoms with van der Waals surface area (Å²) in [6, 6.07) is 46.1. The molecule has 5 nitrogen and oxygen atoms in total. The minimum atomic E-state index is -0.120. The highest BCUT2D eigenvalue weighted by Gasteiger charge is 2.18. The Kier molecular flexibility index (Phi) is 4.53. The van der Waals surface area contributed by atoms with Crippen LogP contribution in [0.1, 0.15) is 0 Å². The first-order valence-corrected chi connectivity index (χ1v) is 14.7. The van der Waals surface area contributed by atoms with Gasteiger partial charge in [0.25, 0.3) is 5.56 Å². The third kappa shape index (κ3) is 3.05. The Morgan fingerprint density at radius 2 is 0.977 bits per heavy atom. The largest absolute Gasteiger partial charge is 0.277 e. The zero-order valence-electron chi connectivity index (χ0n) is 23.4. The van der Waals surface area contributed by atoms with E-state index >= 15 is 0 Å². The molecule has 0 bridgehead atoms. The Hall–Kier alpha value is -6.07. The van der Waals surface area contributed by atoms with Crippen molar-refractivity contribution in [2.75, 3.05) is 0 Å². The lowest BCUT2D eigenvalue weighted by Crippen LogP contribution is -2.18. The van der Waals surface area contributed by atoms with Gasteiger partial charge in [-0.05, 0) is 85.9 Å². The summed E-state index contributed by atoms with van der Waals surface area (Å²) in [6.45, 7) is 0. The standard InChI is InChI=1S/C39H22N4O/c44-38-30-13-5-7-15-33(30)40-37-31-14-6-8-16-35(31)42-36-22-24(18-20-34(36)41-39(42)43(37)38)23-17-19-29-27-11-2-1-9-25(27)26-10-3-4-12-28(26)32(29)21-23/h1-22H. The molecular weight excluding hydrogens is 540 g/mol. The second kappa shape index (κ2) is 8.49. The van der Waals surface area contributed by atoms with Crippen LogP contribution in [-0.4, -0.2) is 18.8 Å². The number of imidazole rings is 1. The Bertz CT molecular complexity index is 2880. The normalized spacial score (nSPS) is 12.2. The number of hydrogen-bond donors (Lipinski definition) is 0. The fourth-order valence-corrected chi connectivity index (χ4v) is 7.07. The summed E-state index contributed by atoms with van der Waals surface area (Å²) < 4.78 is 3.76. The molecule has 0 unspecified atom stereocenters. The summed E-state index contributed by atoms with van der Waals surface area (Å²) >= 11 is 0. The summed E-state index contributed by atoms with van der Waals surface area (Å²) in [5.74, 6) is 0.560. The molecule has 0 aliphatic carbocycles. The van der Waals surface area contributed by atoms with Crippen LogP contribution in [0.25, 0.3) is 87.7 Å². The molecule has 0 aliphatic heterocycles. The van der Waals surface area contributed by atoms with Crippen LogP contribution in [-0.2, 0) is 0 Å². The first-order valence-electron chi connectivity index (χ1n) is 14.7. The molecule has 3 aromatic heterocycles. The monoisotopic (exact) mass is 562 g/mol. The van der Waals surface area contributed by atoms with Gasteiger partial charge >= 0.3 is 0 Å². The number of benzene rings is 7. The highest BCUT2D eigenvalue weighted by atomic mass is 16.1. The third-order valence-corrected chi connectivity index (χ3v) is 9.08. The fourth-order valence-electron chi connectivity index (χ4n) is 7.07. The van der Waals surface area contributed by atoms with Gasteiger partial charge in [-0.1, -0.05) is 91.0 Å². The molecule has 0 aliphatic rings. The summed E-state index contributed by atoms with van der Waals surface area (Å²) in [5.41, 5.74) is 6.12. The van der Waals surface area contributed by atoms with Crippen molar-refractivity contribution < 1.29 is 0 Å². The van der Waals surface area contributed by atoms with Crippen molar-refractivity contribution in [3.8, 4) is 11.1 Å². The van der Waals surface area contributed by atoms with Crippen LogP contribution in [0.4, 0.5) is 0 Å². The number of aromatic nitrogens is 4. The van der Waals surface area contributed by atoms with Crippen LogP contribution in [0.15, 0.2) is 138 Å². The molecule has 0 amide bonds. The van der Waals surface area contributed by atoms with Crippen LogP contribution >= 0.6 is 0 Å². The molecule has 0 radical (unpaired) electrons. The zero-order chi connectivity index (χ0) is 28.9.